The lowest BCUT2D eigenvalue weighted by atomic mass is 9.63. The smallest absolute Gasteiger partial charge is 0.0608 e. The summed E-state index contributed by atoms with van der Waals surface area (Å²) in [6.07, 6.45) is 0. The van der Waals surface area contributed by atoms with Gasteiger partial charge in [0.2, 0.25) is 0 Å². The number of hydrogen-bond acceptors (Lipinski definition) is 3. The molecule has 4 unspecified atom stereocenters. The normalized spacial score (nSPS) is 53.1. The summed E-state index contributed by atoms with van der Waals surface area (Å²) in [6.45, 7) is 11.3. The SMILES string of the molecule is CC1C(C)C(S)(S)C(C)C(C)C1(C)S. The Morgan fingerprint density at radius 3 is 1.29 bits per heavy atom. The highest BCUT2D eigenvalue weighted by molar-refractivity contribution is 8.00. The lowest BCUT2D eigenvalue weighted by Gasteiger charge is -2.55. The first-order valence-corrected chi connectivity index (χ1v) is 6.64. The standard InChI is InChI=1S/C11H22S3/c1-6-8(3)11(13,14)9(4)7(2)10(6,5)12/h6-9,12-14H,1-5H3. The van der Waals surface area contributed by atoms with Gasteiger partial charge >= 0.3 is 0 Å². The van der Waals surface area contributed by atoms with E-state index in [2.05, 4.69) is 34.6 Å². The highest BCUT2D eigenvalue weighted by atomic mass is 32.2. The van der Waals surface area contributed by atoms with Crippen molar-refractivity contribution < 1.29 is 0 Å². The summed E-state index contributed by atoms with van der Waals surface area (Å²) in [5, 5.41) is 0. The molecule has 3 heteroatoms. The molecule has 1 rings (SSSR count). The summed E-state index contributed by atoms with van der Waals surface area (Å²) in [4.78, 5) is 0. The topological polar surface area (TPSA) is 0 Å². The maximum Gasteiger partial charge on any atom is 0.0608 e. The molecule has 0 aromatic heterocycles. The van der Waals surface area contributed by atoms with Gasteiger partial charge in [0.1, 0.15) is 0 Å². The lowest BCUT2D eigenvalue weighted by Crippen LogP contribution is -2.55. The number of rotatable bonds is 0. The van der Waals surface area contributed by atoms with Crippen molar-refractivity contribution in [3.8, 4) is 0 Å². The summed E-state index contributed by atoms with van der Waals surface area (Å²) in [5.41, 5.74) is 0. The number of hydrogen-bond donors (Lipinski definition) is 3. The monoisotopic (exact) mass is 250 g/mol. The zero-order valence-electron chi connectivity index (χ0n) is 9.65. The molecule has 84 valence electrons. The predicted molar refractivity (Wildman–Crippen MR) is 74.8 cm³/mol. The van der Waals surface area contributed by atoms with Crippen molar-refractivity contribution in [2.45, 2.75) is 43.4 Å². The summed E-state index contributed by atoms with van der Waals surface area (Å²) >= 11 is 14.3. The molecule has 14 heavy (non-hydrogen) atoms. The van der Waals surface area contributed by atoms with Crippen LogP contribution in [0.25, 0.3) is 0 Å². The van der Waals surface area contributed by atoms with Crippen molar-refractivity contribution in [3.05, 3.63) is 0 Å². The van der Waals surface area contributed by atoms with Gasteiger partial charge in [-0.25, -0.2) is 0 Å². The van der Waals surface area contributed by atoms with E-state index in [0.717, 1.165) is 0 Å². The molecular weight excluding hydrogens is 228 g/mol. The van der Waals surface area contributed by atoms with Crippen LogP contribution in [0.4, 0.5) is 0 Å². The van der Waals surface area contributed by atoms with E-state index in [1.807, 2.05) is 0 Å². The van der Waals surface area contributed by atoms with E-state index >= 15 is 0 Å². The Bertz CT molecular complexity index is 179. The predicted octanol–water partition coefficient (Wildman–Crippen LogP) is 3.79. The second kappa shape index (κ2) is 3.81. The first kappa shape index (κ1) is 13.1. The van der Waals surface area contributed by atoms with Crippen LogP contribution in [-0.2, 0) is 0 Å². The molecule has 0 bridgehead atoms. The summed E-state index contributed by atoms with van der Waals surface area (Å²) in [5.74, 6) is 2.02. The van der Waals surface area contributed by atoms with Crippen LogP contribution in [0, 0.1) is 23.7 Å². The molecule has 0 aromatic rings. The maximum atomic E-state index is 4.84. The molecule has 0 radical (unpaired) electrons. The fourth-order valence-corrected chi connectivity index (χ4v) is 3.92. The van der Waals surface area contributed by atoms with Crippen LogP contribution in [0.3, 0.4) is 0 Å². The van der Waals surface area contributed by atoms with E-state index in [9.17, 15) is 0 Å². The van der Waals surface area contributed by atoms with Gasteiger partial charge in [0, 0.05) is 4.75 Å². The third-order valence-corrected chi connectivity index (χ3v) is 7.13. The molecule has 0 amide bonds. The third-order valence-electron chi connectivity index (χ3n) is 4.68. The van der Waals surface area contributed by atoms with E-state index in [4.69, 9.17) is 37.9 Å². The van der Waals surface area contributed by atoms with Gasteiger partial charge in [-0.2, -0.15) is 37.9 Å². The minimum Gasteiger partial charge on any atom is -0.172 e. The van der Waals surface area contributed by atoms with Crippen LogP contribution >= 0.6 is 37.9 Å². The molecule has 0 aliphatic heterocycles. The summed E-state index contributed by atoms with van der Waals surface area (Å²) < 4.78 is -0.0745. The van der Waals surface area contributed by atoms with E-state index in [-0.39, 0.29) is 8.83 Å². The lowest BCUT2D eigenvalue weighted by molar-refractivity contribution is 0.109. The average molecular weight is 250 g/mol. The van der Waals surface area contributed by atoms with Crippen LogP contribution in [0.2, 0.25) is 0 Å². The molecule has 1 fully saturated rings. The average Bonchev–Trinajstić information content (AvgIpc) is 2.11. The van der Waals surface area contributed by atoms with E-state index < -0.39 is 0 Å². The first-order valence-electron chi connectivity index (χ1n) is 5.30. The minimum atomic E-state index is -0.166. The van der Waals surface area contributed by atoms with Crippen molar-refractivity contribution in [1.82, 2.24) is 0 Å². The van der Waals surface area contributed by atoms with Gasteiger partial charge in [-0.3, -0.25) is 0 Å². The quantitative estimate of drug-likeness (QED) is 0.423. The summed E-state index contributed by atoms with van der Waals surface area (Å²) in [7, 11) is 0. The van der Waals surface area contributed by atoms with Crippen molar-refractivity contribution in [2.24, 2.45) is 23.7 Å². The Labute approximate surface area is 105 Å². The maximum absolute atomic E-state index is 4.84. The van der Waals surface area contributed by atoms with Crippen LogP contribution in [0.1, 0.15) is 34.6 Å². The first-order chi connectivity index (χ1) is 6.13. The summed E-state index contributed by atoms with van der Waals surface area (Å²) in [6, 6.07) is 0. The largest absolute Gasteiger partial charge is 0.172 e. The fraction of sp³-hybridized carbons (Fsp3) is 1.00. The fourth-order valence-electron chi connectivity index (χ4n) is 2.58. The highest BCUT2D eigenvalue weighted by Gasteiger charge is 2.53. The Morgan fingerprint density at radius 2 is 1.00 bits per heavy atom. The van der Waals surface area contributed by atoms with Crippen LogP contribution in [0.15, 0.2) is 0 Å². The van der Waals surface area contributed by atoms with Gasteiger partial charge < -0.3 is 0 Å². The Hall–Kier alpha value is 1.05. The van der Waals surface area contributed by atoms with Gasteiger partial charge in [-0.1, -0.05) is 34.6 Å². The van der Waals surface area contributed by atoms with Gasteiger partial charge in [0.25, 0.3) is 0 Å². The molecule has 1 aliphatic rings. The highest BCUT2D eigenvalue weighted by Crippen LogP contribution is 2.56. The number of thiol groups is 3. The molecule has 0 heterocycles. The van der Waals surface area contributed by atoms with Crippen molar-refractivity contribution in [3.63, 3.8) is 0 Å². The molecule has 1 aliphatic carbocycles. The van der Waals surface area contributed by atoms with Gasteiger partial charge in [0.15, 0.2) is 0 Å². The zero-order chi connectivity index (χ0) is 11.3. The van der Waals surface area contributed by atoms with E-state index in [0.29, 0.717) is 23.7 Å². The molecule has 0 nitrogen and oxygen atoms in total. The Kier molecular flexibility index (Phi) is 3.57. The van der Waals surface area contributed by atoms with Gasteiger partial charge in [0.05, 0.1) is 4.08 Å². The van der Waals surface area contributed by atoms with Crippen molar-refractivity contribution >= 4 is 37.9 Å². The molecular formula is C11H22S3. The van der Waals surface area contributed by atoms with E-state index in [1.54, 1.807) is 0 Å². The van der Waals surface area contributed by atoms with Crippen LogP contribution in [-0.4, -0.2) is 8.83 Å². The van der Waals surface area contributed by atoms with Crippen molar-refractivity contribution in [2.75, 3.05) is 0 Å². The minimum absolute atomic E-state index is 0.0911. The molecule has 4 atom stereocenters. The zero-order valence-corrected chi connectivity index (χ0v) is 12.3. The Balaban J connectivity index is 3.07. The van der Waals surface area contributed by atoms with Crippen molar-refractivity contribution in [1.29, 1.82) is 0 Å². The second-order valence-electron chi connectivity index (χ2n) is 5.16. The van der Waals surface area contributed by atoms with Crippen LogP contribution in [0.5, 0.6) is 0 Å². The molecule has 1 saturated carbocycles. The van der Waals surface area contributed by atoms with Crippen LogP contribution < -0.4 is 0 Å². The molecule has 0 N–H and O–H groups in total. The Morgan fingerprint density at radius 1 is 0.714 bits per heavy atom. The van der Waals surface area contributed by atoms with E-state index in [1.165, 1.54) is 0 Å². The molecule has 0 saturated heterocycles. The van der Waals surface area contributed by atoms with Gasteiger partial charge in [-0.15, -0.1) is 0 Å². The molecule has 0 spiro atoms. The van der Waals surface area contributed by atoms with Gasteiger partial charge in [-0.05, 0) is 23.7 Å². The third kappa shape index (κ3) is 1.73. The second-order valence-corrected chi connectivity index (χ2v) is 7.96. The molecule has 0 aromatic carbocycles.